The van der Waals surface area contributed by atoms with Crippen molar-refractivity contribution < 1.29 is 12.6 Å². The van der Waals surface area contributed by atoms with E-state index in [9.17, 15) is 8.42 Å². The van der Waals surface area contributed by atoms with Gasteiger partial charge in [0.2, 0.25) is 0 Å². The molecule has 0 N–H and O–H groups in total. The molecule has 2 atom stereocenters. The van der Waals surface area contributed by atoms with Gasteiger partial charge in [0.25, 0.3) is 10.1 Å². The Kier molecular flexibility index (Phi) is 4.00. The van der Waals surface area contributed by atoms with Crippen LogP contribution >= 0.6 is 0 Å². The highest BCUT2D eigenvalue weighted by atomic mass is 32.2. The van der Waals surface area contributed by atoms with Crippen molar-refractivity contribution in [1.29, 1.82) is 0 Å². The van der Waals surface area contributed by atoms with Gasteiger partial charge in [0.1, 0.15) is 4.90 Å². The highest BCUT2D eigenvalue weighted by Gasteiger charge is 2.29. The molecule has 1 fully saturated rings. The third-order valence-electron chi connectivity index (χ3n) is 4.30. The summed E-state index contributed by atoms with van der Waals surface area (Å²) in [6.07, 6.45) is 3.87. The van der Waals surface area contributed by atoms with Crippen molar-refractivity contribution in [1.82, 2.24) is 0 Å². The Labute approximate surface area is 126 Å². The predicted molar refractivity (Wildman–Crippen MR) is 83.6 cm³/mol. The highest BCUT2D eigenvalue weighted by molar-refractivity contribution is 7.87. The first-order valence-electron chi connectivity index (χ1n) is 7.49. The smallest absolute Gasteiger partial charge is 0.263 e. The minimum absolute atomic E-state index is 0.192. The molecule has 4 heteroatoms. The van der Waals surface area contributed by atoms with Crippen LogP contribution in [0.3, 0.4) is 0 Å². The van der Waals surface area contributed by atoms with Crippen LogP contribution in [0.1, 0.15) is 32.6 Å². The van der Waals surface area contributed by atoms with Gasteiger partial charge < -0.3 is 0 Å². The first-order chi connectivity index (χ1) is 10.1. The van der Waals surface area contributed by atoms with E-state index < -0.39 is 10.1 Å². The number of hydrogen-bond acceptors (Lipinski definition) is 3. The van der Waals surface area contributed by atoms with Gasteiger partial charge in [0.15, 0.2) is 0 Å². The van der Waals surface area contributed by atoms with Crippen molar-refractivity contribution in [2.24, 2.45) is 5.92 Å². The topological polar surface area (TPSA) is 43.4 Å². The maximum atomic E-state index is 12.6. The number of rotatable bonds is 3. The van der Waals surface area contributed by atoms with Gasteiger partial charge in [0.05, 0.1) is 6.10 Å². The second-order valence-corrected chi connectivity index (χ2v) is 7.37. The lowest BCUT2D eigenvalue weighted by Gasteiger charge is -2.28. The summed E-state index contributed by atoms with van der Waals surface area (Å²) in [6.45, 7) is 2.07. The van der Waals surface area contributed by atoms with Gasteiger partial charge in [0, 0.05) is 5.39 Å². The molecule has 1 aliphatic rings. The molecule has 3 rings (SSSR count). The van der Waals surface area contributed by atoms with Crippen LogP contribution < -0.4 is 0 Å². The van der Waals surface area contributed by atoms with Crippen LogP contribution in [-0.2, 0) is 14.3 Å². The fraction of sp³-hybridized carbons (Fsp3) is 0.412. The van der Waals surface area contributed by atoms with Crippen LogP contribution in [-0.4, -0.2) is 14.5 Å². The van der Waals surface area contributed by atoms with E-state index in [-0.39, 0.29) is 11.0 Å². The molecule has 0 heterocycles. The van der Waals surface area contributed by atoms with Crippen LogP contribution in [0.15, 0.2) is 47.4 Å². The van der Waals surface area contributed by atoms with E-state index in [0.717, 1.165) is 36.5 Å². The SMILES string of the molecule is CC1CCCCC1OS(=O)(=O)c1cccc2ccccc12. The second kappa shape index (κ2) is 5.78. The Morgan fingerprint density at radius 2 is 1.71 bits per heavy atom. The summed E-state index contributed by atoms with van der Waals surface area (Å²) in [5, 5.41) is 1.64. The van der Waals surface area contributed by atoms with Gasteiger partial charge >= 0.3 is 0 Å². The molecule has 0 radical (unpaired) electrons. The third kappa shape index (κ3) is 2.97. The van der Waals surface area contributed by atoms with E-state index in [1.54, 1.807) is 12.1 Å². The van der Waals surface area contributed by atoms with Crippen LogP contribution in [0.4, 0.5) is 0 Å². The van der Waals surface area contributed by atoms with E-state index in [0.29, 0.717) is 5.92 Å². The Balaban J connectivity index is 1.97. The Morgan fingerprint density at radius 1 is 1.00 bits per heavy atom. The normalized spacial score (nSPS) is 23.3. The molecule has 0 spiro atoms. The van der Waals surface area contributed by atoms with Crippen molar-refractivity contribution >= 4 is 20.9 Å². The van der Waals surface area contributed by atoms with E-state index in [1.165, 1.54) is 0 Å². The maximum Gasteiger partial charge on any atom is 0.297 e. The first kappa shape index (κ1) is 14.5. The van der Waals surface area contributed by atoms with Crippen molar-refractivity contribution in [2.45, 2.75) is 43.6 Å². The van der Waals surface area contributed by atoms with E-state index in [2.05, 4.69) is 6.92 Å². The molecule has 21 heavy (non-hydrogen) atoms. The lowest BCUT2D eigenvalue weighted by molar-refractivity contribution is 0.109. The lowest BCUT2D eigenvalue weighted by atomic mass is 9.88. The van der Waals surface area contributed by atoms with E-state index in [4.69, 9.17) is 4.18 Å². The summed E-state index contributed by atoms with van der Waals surface area (Å²) in [7, 11) is -3.72. The van der Waals surface area contributed by atoms with Gasteiger partial charge in [-0.15, -0.1) is 0 Å². The van der Waals surface area contributed by atoms with Crippen molar-refractivity contribution in [2.75, 3.05) is 0 Å². The molecule has 3 nitrogen and oxygen atoms in total. The van der Waals surface area contributed by atoms with Crippen LogP contribution in [0.25, 0.3) is 10.8 Å². The summed E-state index contributed by atoms with van der Waals surface area (Å²) >= 11 is 0. The van der Waals surface area contributed by atoms with Gasteiger partial charge in [-0.05, 0) is 30.2 Å². The molecule has 1 aliphatic carbocycles. The number of fused-ring (bicyclic) bond motifs is 1. The van der Waals surface area contributed by atoms with Crippen molar-refractivity contribution in [3.05, 3.63) is 42.5 Å². The fourth-order valence-corrected chi connectivity index (χ4v) is 4.47. The minimum atomic E-state index is -3.72. The largest absolute Gasteiger partial charge is 0.297 e. The molecular formula is C17H20O3S. The van der Waals surface area contributed by atoms with Gasteiger partial charge in [-0.2, -0.15) is 8.42 Å². The van der Waals surface area contributed by atoms with Gasteiger partial charge in [-0.1, -0.05) is 56.2 Å². The Hall–Kier alpha value is -1.39. The van der Waals surface area contributed by atoms with E-state index >= 15 is 0 Å². The van der Waals surface area contributed by atoms with E-state index in [1.807, 2.05) is 30.3 Å². The second-order valence-electron chi connectivity index (χ2n) is 5.83. The third-order valence-corrected chi connectivity index (χ3v) is 5.70. The summed E-state index contributed by atoms with van der Waals surface area (Å²) in [5.41, 5.74) is 0. The van der Waals surface area contributed by atoms with Crippen molar-refractivity contribution in [3.8, 4) is 0 Å². The Morgan fingerprint density at radius 3 is 2.52 bits per heavy atom. The van der Waals surface area contributed by atoms with Gasteiger partial charge in [-0.3, -0.25) is 4.18 Å². The standard InChI is InChI=1S/C17H20O3S/c1-13-7-2-5-11-16(13)20-21(18,19)17-12-6-9-14-8-3-4-10-15(14)17/h3-4,6,8-10,12-13,16H,2,5,7,11H2,1H3. The molecule has 2 aromatic carbocycles. The molecule has 1 saturated carbocycles. The summed E-state index contributed by atoms with van der Waals surface area (Å²) in [4.78, 5) is 0.276. The molecule has 0 amide bonds. The zero-order valence-corrected chi connectivity index (χ0v) is 13.0. The summed E-state index contributed by atoms with van der Waals surface area (Å²) in [5.74, 6) is 0.295. The maximum absolute atomic E-state index is 12.6. The quantitative estimate of drug-likeness (QED) is 0.801. The molecule has 2 unspecified atom stereocenters. The molecular weight excluding hydrogens is 284 g/mol. The first-order valence-corrected chi connectivity index (χ1v) is 8.90. The number of benzene rings is 2. The monoisotopic (exact) mass is 304 g/mol. The highest BCUT2D eigenvalue weighted by Crippen LogP contribution is 2.31. The Bertz CT molecular complexity index is 731. The zero-order valence-electron chi connectivity index (χ0n) is 12.2. The molecule has 0 aromatic heterocycles. The minimum Gasteiger partial charge on any atom is -0.263 e. The zero-order chi connectivity index (χ0) is 14.9. The molecule has 0 aliphatic heterocycles. The van der Waals surface area contributed by atoms with Crippen molar-refractivity contribution in [3.63, 3.8) is 0 Å². The molecule has 112 valence electrons. The van der Waals surface area contributed by atoms with Crippen LogP contribution in [0, 0.1) is 5.92 Å². The number of hydrogen-bond donors (Lipinski definition) is 0. The summed E-state index contributed by atoms with van der Waals surface area (Å²) < 4.78 is 30.8. The lowest BCUT2D eigenvalue weighted by Crippen LogP contribution is -2.28. The van der Waals surface area contributed by atoms with Crippen LogP contribution in [0.2, 0.25) is 0 Å². The van der Waals surface area contributed by atoms with Gasteiger partial charge in [-0.25, -0.2) is 0 Å². The fourth-order valence-electron chi connectivity index (χ4n) is 3.05. The average molecular weight is 304 g/mol. The predicted octanol–water partition coefficient (Wildman–Crippen LogP) is 4.12. The summed E-state index contributed by atoms with van der Waals surface area (Å²) in [6, 6.07) is 12.8. The van der Waals surface area contributed by atoms with Crippen LogP contribution in [0.5, 0.6) is 0 Å². The average Bonchev–Trinajstić information content (AvgIpc) is 2.49. The molecule has 0 bridgehead atoms. The molecule has 0 saturated heterocycles. The molecule has 2 aromatic rings.